The Morgan fingerprint density at radius 3 is 2.71 bits per heavy atom. The highest BCUT2D eigenvalue weighted by atomic mass is 16.3. The van der Waals surface area contributed by atoms with Crippen LogP contribution in [0.4, 0.5) is 0 Å². The Balaban J connectivity index is 1.95. The van der Waals surface area contributed by atoms with Gasteiger partial charge < -0.3 is 15.3 Å². The minimum Gasteiger partial charge on any atom is -0.393 e. The Kier molecular flexibility index (Phi) is 6.10. The van der Waals surface area contributed by atoms with Gasteiger partial charge in [-0.25, -0.2) is 0 Å². The number of aliphatic hydroxyl groups excluding tert-OH is 1. The summed E-state index contributed by atoms with van der Waals surface area (Å²) in [6, 6.07) is 0.647. The van der Waals surface area contributed by atoms with Crippen molar-refractivity contribution in [3.63, 3.8) is 0 Å². The maximum absolute atomic E-state index is 9.91. The zero-order valence-electron chi connectivity index (χ0n) is 14.6. The first-order valence-electron chi connectivity index (χ1n) is 9.08. The number of piperidine rings is 1. The number of nitrogens with one attached hydrogen (secondary N) is 1. The summed E-state index contributed by atoms with van der Waals surface area (Å²) in [5.41, 5.74) is 0.416. The summed E-state index contributed by atoms with van der Waals surface area (Å²) in [6.45, 7) is 13.8. The van der Waals surface area contributed by atoms with Gasteiger partial charge >= 0.3 is 0 Å². The molecular formula is C18H36N2O. The molecule has 1 aliphatic carbocycles. The highest BCUT2D eigenvalue weighted by Crippen LogP contribution is 2.39. The molecule has 0 spiro atoms. The summed E-state index contributed by atoms with van der Waals surface area (Å²) in [6.07, 6.45) is 6.15. The number of rotatable bonds is 5. The topological polar surface area (TPSA) is 35.5 Å². The van der Waals surface area contributed by atoms with Crippen LogP contribution in [0, 0.1) is 17.3 Å². The van der Waals surface area contributed by atoms with Crippen molar-refractivity contribution in [3.05, 3.63) is 0 Å². The van der Waals surface area contributed by atoms with E-state index in [1.54, 1.807) is 0 Å². The molecule has 4 unspecified atom stereocenters. The summed E-state index contributed by atoms with van der Waals surface area (Å²) in [5, 5.41) is 13.8. The van der Waals surface area contributed by atoms with E-state index in [0.717, 1.165) is 32.0 Å². The van der Waals surface area contributed by atoms with Crippen LogP contribution < -0.4 is 5.32 Å². The Morgan fingerprint density at radius 2 is 2.05 bits per heavy atom. The summed E-state index contributed by atoms with van der Waals surface area (Å²) in [7, 11) is 0. The van der Waals surface area contributed by atoms with E-state index in [4.69, 9.17) is 0 Å². The lowest BCUT2D eigenvalue weighted by atomic mass is 9.67. The van der Waals surface area contributed by atoms with Crippen molar-refractivity contribution < 1.29 is 5.11 Å². The summed E-state index contributed by atoms with van der Waals surface area (Å²) in [5.74, 6) is 1.19. The van der Waals surface area contributed by atoms with Gasteiger partial charge in [0.15, 0.2) is 0 Å². The van der Waals surface area contributed by atoms with Crippen molar-refractivity contribution in [1.29, 1.82) is 0 Å². The molecule has 0 bridgehead atoms. The van der Waals surface area contributed by atoms with E-state index in [2.05, 4.69) is 37.9 Å². The smallest absolute Gasteiger partial charge is 0.0590 e. The van der Waals surface area contributed by atoms with Gasteiger partial charge in [-0.05, 0) is 49.5 Å². The molecule has 21 heavy (non-hydrogen) atoms. The quantitative estimate of drug-likeness (QED) is 0.819. The number of aliphatic hydroxyl groups is 1. The molecule has 1 aliphatic heterocycles. The molecule has 1 saturated heterocycles. The minimum absolute atomic E-state index is 0.0851. The monoisotopic (exact) mass is 296 g/mol. The van der Waals surface area contributed by atoms with Crippen LogP contribution in [-0.4, -0.2) is 48.3 Å². The van der Waals surface area contributed by atoms with Crippen molar-refractivity contribution in [1.82, 2.24) is 10.2 Å². The first kappa shape index (κ1) is 17.2. The Labute approximate surface area is 131 Å². The van der Waals surface area contributed by atoms with Gasteiger partial charge in [0.05, 0.1) is 6.10 Å². The molecule has 0 aromatic rings. The standard InChI is InChI=1S/C18H36N2O/c1-5-10-19-17-15(7-6-9-18(17,3)4)13-20-11-8-16(21)14(2)12-20/h14-17,19,21H,5-13H2,1-4H3. The van der Waals surface area contributed by atoms with Crippen LogP contribution in [0.2, 0.25) is 0 Å². The fourth-order valence-corrected chi connectivity index (χ4v) is 4.44. The molecule has 0 aromatic heterocycles. The highest BCUT2D eigenvalue weighted by Gasteiger charge is 2.39. The summed E-state index contributed by atoms with van der Waals surface area (Å²) >= 11 is 0. The Hall–Kier alpha value is -0.120. The van der Waals surface area contributed by atoms with Gasteiger partial charge in [-0.3, -0.25) is 0 Å². The molecule has 2 N–H and O–H groups in total. The lowest BCUT2D eigenvalue weighted by Gasteiger charge is -2.47. The van der Waals surface area contributed by atoms with Crippen LogP contribution in [0.1, 0.15) is 59.8 Å². The minimum atomic E-state index is -0.0851. The van der Waals surface area contributed by atoms with Gasteiger partial charge in [-0.15, -0.1) is 0 Å². The van der Waals surface area contributed by atoms with Crippen LogP contribution in [-0.2, 0) is 0 Å². The molecule has 2 fully saturated rings. The molecule has 124 valence electrons. The predicted octanol–water partition coefficient (Wildman–Crippen LogP) is 2.88. The van der Waals surface area contributed by atoms with Crippen molar-refractivity contribution in [3.8, 4) is 0 Å². The van der Waals surface area contributed by atoms with Crippen LogP contribution in [0.5, 0.6) is 0 Å². The first-order valence-corrected chi connectivity index (χ1v) is 9.08. The van der Waals surface area contributed by atoms with E-state index in [0.29, 0.717) is 17.4 Å². The second-order valence-corrected chi connectivity index (χ2v) is 8.17. The molecule has 3 heteroatoms. The second-order valence-electron chi connectivity index (χ2n) is 8.17. The molecule has 2 rings (SSSR count). The second kappa shape index (κ2) is 7.43. The third kappa shape index (κ3) is 4.43. The third-order valence-electron chi connectivity index (χ3n) is 5.76. The van der Waals surface area contributed by atoms with E-state index in [1.807, 2.05) is 0 Å². The largest absolute Gasteiger partial charge is 0.393 e. The van der Waals surface area contributed by atoms with Gasteiger partial charge in [0.2, 0.25) is 0 Å². The molecule has 0 amide bonds. The van der Waals surface area contributed by atoms with Gasteiger partial charge in [0.25, 0.3) is 0 Å². The maximum Gasteiger partial charge on any atom is 0.0590 e. The SMILES string of the molecule is CCCNC1C(CN2CCC(O)C(C)C2)CCCC1(C)C. The van der Waals surface area contributed by atoms with E-state index in [9.17, 15) is 5.11 Å². The molecule has 1 saturated carbocycles. The summed E-state index contributed by atoms with van der Waals surface area (Å²) < 4.78 is 0. The van der Waals surface area contributed by atoms with E-state index in [-0.39, 0.29) is 6.10 Å². The highest BCUT2D eigenvalue weighted by molar-refractivity contribution is 4.95. The summed E-state index contributed by atoms with van der Waals surface area (Å²) in [4.78, 5) is 2.60. The number of likely N-dealkylation sites (tertiary alicyclic amines) is 1. The van der Waals surface area contributed by atoms with Crippen LogP contribution in [0.3, 0.4) is 0 Å². The van der Waals surface area contributed by atoms with Crippen molar-refractivity contribution in [2.45, 2.75) is 71.9 Å². The number of hydrogen-bond acceptors (Lipinski definition) is 3. The van der Waals surface area contributed by atoms with Gasteiger partial charge in [0.1, 0.15) is 0 Å². The maximum atomic E-state index is 9.91. The lowest BCUT2D eigenvalue weighted by molar-refractivity contribution is 0.0127. The zero-order chi connectivity index (χ0) is 15.5. The first-order chi connectivity index (χ1) is 9.94. The molecule has 3 nitrogen and oxygen atoms in total. The molecule has 4 atom stereocenters. The van der Waals surface area contributed by atoms with Crippen molar-refractivity contribution in [2.24, 2.45) is 17.3 Å². The Bertz CT molecular complexity index is 318. The predicted molar refractivity (Wildman–Crippen MR) is 89.4 cm³/mol. The van der Waals surface area contributed by atoms with E-state index >= 15 is 0 Å². The van der Waals surface area contributed by atoms with Gasteiger partial charge in [0, 0.05) is 25.7 Å². The average molecular weight is 296 g/mol. The molecule has 0 aromatic carbocycles. The average Bonchev–Trinajstić information content (AvgIpc) is 2.42. The van der Waals surface area contributed by atoms with Crippen molar-refractivity contribution >= 4 is 0 Å². The number of hydrogen-bond donors (Lipinski definition) is 2. The van der Waals surface area contributed by atoms with Crippen LogP contribution in [0.15, 0.2) is 0 Å². The third-order valence-corrected chi connectivity index (χ3v) is 5.76. The van der Waals surface area contributed by atoms with Gasteiger partial charge in [-0.1, -0.05) is 34.1 Å². The van der Waals surface area contributed by atoms with E-state index in [1.165, 1.54) is 32.2 Å². The molecule has 1 heterocycles. The van der Waals surface area contributed by atoms with Gasteiger partial charge in [-0.2, -0.15) is 0 Å². The number of nitrogens with zero attached hydrogens (tertiary/aromatic N) is 1. The van der Waals surface area contributed by atoms with E-state index < -0.39 is 0 Å². The lowest BCUT2D eigenvalue weighted by Crippen LogP contribution is -2.54. The van der Waals surface area contributed by atoms with Crippen LogP contribution >= 0.6 is 0 Å². The fourth-order valence-electron chi connectivity index (χ4n) is 4.44. The molecule has 2 aliphatic rings. The fraction of sp³-hybridized carbons (Fsp3) is 1.00. The molecule has 0 radical (unpaired) electrons. The zero-order valence-corrected chi connectivity index (χ0v) is 14.6. The Morgan fingerprint density at radius 1 is 1.29 bits per heavy atom. The molecular weight excluding hydrogens is 260 g/mol. The van der Waals surface area contributed by atoms with Crippen molar-refractivity contribution in [2.75, 3.05) is 26.2 Å². The normalized spacial score (nSPS) is 37.6. The van der Waals surface area contributed by atoms with Crippen LogP contribution in [0.25, 0.3) is 0 Å².